The van der Waals surface area contributed by atoms with Gasteiger partial charge in [-0.05, 0) is 44.7 Å². The second kappa shape index (κ2) is 8.39. The zero-order valence-electron chi connectivity index (χ0n) is 17.1. The van der Waals surface area contributed by atoms with Crippen LogP contribution < -0.4 is 15.0 Å². The van der Waals surface area contributed by atoms with Crippen molar-refractivity contribution in [3.63, 3.8) is 0 Å². The standard InChI is InChI=1S/C20H26N8O2/c1-14-2-7-17(26-25-14)23-15-3-5-16(6-4-15)30-20-24-19(27-8-10-29-11-9-27)12-18-21-13-22-28(18)20/h2,7,12-13,15-16H,3-6,8-11H2,1H3,(H,23,26)/t15-,16+. The highest BCUT2D eigenvalue weighted by atomic mass is 16.5. The fraction of sp³-hybridized carbons (Fsp3) is 0.550. The number of anilines is 2. The van der Waals surface area contributed by atoms with Crippen LogP contribution in [0.5, 0.6) is 6.01 Å². The molecular weight excluding hydrogens is 384 g/mol. The van der Waals surface area contributed by atoms with Crippen molar-refractivity contribution in [2.75, 3.05) is 36.5 Å². The van der Waals surface area contributed by atoms with Crippen molar-refractivity contribution in [1.82, 2.24) is 29.8 Å². The van der Waals surface area contributed by atoms with E-state index in [4.69, 9.17) is 14.5 Å². The summed E-state index contributed by atoms with van der Waals surface area (Å²) in [6, 6.07) is 6.79. The number of nitrogens with one attached hydrogen (secondary N) is 1. The number of hydrogen-bond acceptors (Lipinski definition) is 9. The number of nitrogens with zero attached hydrogens (tertiary/aromatic N) is 7. The van der Waals surface area contributed by atoms with Gasteiger partial charge in [-0.3, -0.25) is 0 Å². The van der Waals surface area contributed by atoms with Crippen LogP contribution in [0.1, 0.15) is 31.4 Å². The first-order valence-electron chi connectivity index (χ1n) is 10.5. The van der Waals surface area contributed by atoms with Crippen molar-refractivity contribution >= 4 is 17.3 Å². The van der Waals surface area contributed by atoms with E-state index >= 15 is 0 Å². The molecule has 158 valence electrons. The van der Waals surface area contributed by atoms with Crippen LogP contribution in [0.2, 0.25) is 0 Å². The molecule has 2 fully saturated rings. The summed E-state index contributed by atoms with van der Waals surface area (Å²) < 4.78 is 13.4. The van der Waals surface area contributed by atoms with Gasteiger partial charge in [0, 0.05) is 25.2 Å². The van der Waals surface area contributed by atoms with Gasteiger partial charge in [0.05, 0.1) is 18.9 Å². The van der Waals surface area contributed by atoms with Crippen molar-refractivity contribution < 1.29 is 9.47 Å². The Labute approximate surface area is 174 Å². The van der Waals surface area contributed by atoms with Gasteiger partial charge >= 0.3 is 6.01 Å². The molecular formula is C20H26N8O2. The summed E-state index contributed by atoms with van der Waals surface area (Å²) in [7, 11) is 0. The lowest BCUT2D eigenvalue weighted by Crippen LogP contribution is -2.37. The van der Waals surface area contributed by atoms with Gasteiger partial charge < -0.3 is 19.7 Å². The molecule has 10 nitrogen and oxygen atoms in total. The zero-order chi connectivity index (χ0) is 20.3. The summed E-state index contributed by atoms with van der Waals surface area (Å²) in [6.45, 7) is 4.98. The average Bonchev–Trinajstić information content (AvgIpc) is 3.26. The summed E-state index contributed by atoms with van der Waals surface area (Å²) in [5.74, 6) is 1.69. The quantitative estimate of drug-likeness (QED) is 0.675. The van der Waals surface area contributed by atoms with Crippen LogP contribution in [0, 0.1) is 6.92 Å². The fourth-order valence-electron chi connectivity index (χ4n) is 3.98. The van der Waals surface area contributed by atoms with Crippen LogP contribution in [0.15, 0.2) is 24.5 Å². The topological polar surface area (TPSA) is 103 Å². The van der Waals surface area contributed by atoms with E-state index in [1.165, 1.54) is 6.33 Å². The molecule has 10 heteroatoms. The van der Waals surface area contributed by atoms with Crippen molar-refractivity contribution in [3.05, 3.63) is 30.2 Å². The highest BCUT2D eigenvalue weighted by molar-refractivity contribution is 5.52. The van der Waals surface area contributed by atoms with Gasteiger partial charge in [0.15, 0.2) is 5.65 Å². The van der Waals surface area contributed by atoms with E-state index in [2.05, 4.69) is 30.5 Å². The number of aromatic nitrogens is 6. The number of fused-ring (bicyclic) bond motifs is 1. The normalized spacial score (nSPS) is 22.2. The Kier molecular flexibility index (Phi) is 5.31. The molecule has 1 aliphatic heterocycles. The maximum atomic E-state index is 6.31. The molecule has 1 N–H and O–H groups in total. The molecule has 0 amide bonds. The van der Waals surface area contributed by atoms with Gasteiger partial charge in [-0.2, -0.15) is 19.7 Å². The number of ether oxygens (including phenoxy) is 2. The Hall–Kier alpha value is -3.01. The van der Waals surface area contributed by atoms with Crippen molar-refractivity contribution in [2.24, 2.45) is 0 Å². The largest absolute Gasteiger partial charge is 0.460 e. The van der Waals surface area contributed by atoms with E-state index in [0.29, 0.717) is 25.3 Å². The molecule has 0 unspecified atom stereocenters. The average molecular weight is 410 g/mol. The summed E-state index contributed by atoms with van der Waals surface area (Å²) in [4.78, 5) is 11.3. The third kappa shape index (κ3) is 4.13. The van der Waals surface area contributed by atoms with Gasteiger partial charge in [-0.25, -0.2) is 4.98 Å². The van der Waals surface area contributed by atoms with Crippen LogP contribution in [-0.2, 0) is 4.74 Å². The fourth-order valence-corrected chi connectivity index (χ4v) is 3.98. The first kappa shape index (κ1) is 19.0. The summed E-state index contributed by atoms with van der Waals surface area (Å²) in [6.07, 6.45) is 5.53. The summed E-state index contributed by atoms with van der Waals surface area (Å²) >= 11 is 0. The van der Waals surface area contributed by atoms with E-state index in [0.717, 1.165) is 61.7 Å². The maximum Gasteiger partial charge on any atom is 0.321 e. The van der Waals surface area contributed by atoms with E-state index < -0.39 is 0 Å². The smallest absolute Gasteiger partial charge is 0.321 e. The predicted molar refractivity (Wildman–Crippen MR) is 111 cm³/mol. The Morgan fingerprint density at radius 3 is 2.70 bits per heavy atom. The zero-order valence-corrected chi connectivity index (χ0v) is 17.1. The molecule has 3 aromatic rings. The van der Waals surface area contributed by atoms with Gasteiger partial charge in [0.1, 0.15) is 24.1 Å². The van der Waals surface area contributed by atoms with Gasteiger partial charge in [-0.1, -0.05) is 0 Å². The molecule has 0 spiro atoms. The number of hydrogen-bond donors (Lipinski definition) is 1. The Morgan fingerprint density at radius 2 is 1.93 bits per heavy atom. The monoisotopic (exact) mass is 410 g/mol. The van der Waals surface area contributed by atoms with Crippen LogP contribution in [0.3, 0.4) is 0 Å². The lowest BCUT2D eigenvalue weighted by Gasteiger charge is -2.30. The second-order valence-electron chi connectivity index (χ2n) is 7.82. The lowest BCUT2D eigenvalue weighted by atomic mass is 9.93. The third-order valence-corrected chi connectivity index (χ3v) is 5.65. The minimum atomic E-state index is 0.104. The molecule has 5 rings (SSSR count). The van der Waals surface area contributed by atoms with E-state index in [9.17, 15) is 0 Å². The molecule has 2 aliphatic rings. The Balaban J connectivity index is 1.24. The number of aryl methyl sites for hydroxylation is 1. The first-order valence-corrected chi connectivity index (χ1v) is 10.5. The summed E-state index contributed by atoms with van der Waals surface area (Å²) in [5, 5.41) is 16.1. The van der Waals surface area contributed by atoms with Crippen LogP contribution >= 0.6 is 0 Å². The molecule has 1 aliphatic carbocycles. The molecule has 30 heavy (non-hydrogen) atoms. The SMILES string of the molecule is Cc1ccc(N[C@H]2CC[C@@H](Oc3nc(N4CCOCC4)cc4ncnn34)CC2)nn1. The van der Waals surface area contributed by atoms with E-state index in [1.54, 1.807) is 4.52 Å². The highest BCUT2D eigenvalue weighted by Gasteiger charge is 2.25. The van der Waals surface area contributed by atoms with Crippen molar-refractivity contribution in [2.45, 2.75) is 44.8 Å². The summed E-state index contributed by atoms with van der Waals surface area (Å²) in [5.41, 5.74) is 1.67. The molecule has 4 heterocycles. The van der Waals surface area contributed by atoms with Crippen LogP contribution in [0.25, 0.3) is 5.65 Å². The number of rotatable bonds is 5. The van der Waals surface area contributed by atoms with Gasteiger partial charge in [-0.15, -0.1) is 5.10 Å². The molecule has 1 saturated carbocycles. The minimum absolute atomic E-state index is 0.104. The number of morpholine rings is 1. The predicted octanol–water partition coefficient (Wildman–Crippen LogP) is 1.86. The first-order chi connectivity index (χ1) is 14.7. The van der Waals surface area contributed by atoms with Gasteiger partial charge in [0.2, 0.25) is 0 Å². The van der Waals surface area contributed by atoms with E-state index in [-0.39, 0.29) is 6.10 Å². The third-order valence-electron chi connectivity index (χ3n) is 5.65. The van der Waals surface area contributed by atoms with Crippen molar-refractivity contribution in [1.29, 1.82) is 0 Å². The maximum absolute atomic E-state index is 6.31. The van der Waals surface area contributed by atoms with Crippen LogP contribution in [-0.4, -0.2) is 68.2 Å². The minimum Gasteiger partial charge on any atom is -0.460 e. The molecule has 3 aromatic heterocycles. The van der Waals surface area contributed by atoms with Crippen LogP contribution in [0.4, 0.5) is 11.6 Å². The lowest BCUT2D eigenvalue weighted by molar-refractivity contribution is 0.121. The highest BCUT2D eigenvalue weighted by Crippen LogP contribution is 2.26. The molecule has 1 saturated heterocycles. The van der Waals surface area contributed by atoms with E-state index in [1.807, 2.05) is 25.1 Å². The molecule has 0 radical (unpaired) electrons. The second-order valence-corrected chi connectivity index (χ2v) is 7.82. The van der Waals surface area contributed by atoms with Crippen molar-refractivity contribution in [3.8, 4) is 6.01 Å². The molecule has 0 aromatic carbocycles. The van der Waals surface area contributed by atoms with Gasteiger partial charge in [0.25, 0.3) is 0 Å². The Bertz CT molecular complexity index is 978. The molecule has 0 bridgehead atoms. The Morgan fingerprint density at radius 1 is 1.10 bits per heavy atom. The molecule has 0 atom stereocenters.